The summed E-state index contributed by atoms with van der Waals surface area (Å²) >= 11 is 3.35. The number of hydrogen-bond donors (Lipinski definition) is 1. The van der Waals surface area contributed by atoms with Crippen LogP contribution in [0.4, 0.5) is 5.69 Å². The number of aliphatic hydroxyl groups is 1. The smallest absolute Gasteiger partial charge is 0.231 e. The number of fused-ring (bicyclic) bond motifs is 1. The lowest BCUT2D eigenvalue weighted by atomic mass is 10.0. The first-order valence-electron chi connectivity index (χ1n) is 5.22. The molecule has 1 heterocycles. The Morgan fingerprint density at radius 1 is 1.50 bits per heavy atom. The van der Waals surface area contributed by atoms with Crippen LogP contribution in [0.5, 0.6) is 0 Å². The Morgan fingerprint density at radius 2 is 2.19 bits per heavy atom. The highest BCUT2D eigenvalue weighted by atomic mass is 79.9. The summed E-state index contributed by atoms with van der Waals surface area (Å²) in [5, 5.41) is 9.92. The fourth-order valence-electron chi connectivity index (χ4n) is 1.94. The van der Waals surface area contributed by atoms with Gasteiger partial charge in [-0.1, -0.05) is 28.1 Å². The van der Waals surface area contributed by atoms with E-state index in [4.69, 9.17) is 0 Å². The van der Waals surface area contributed by atoms with Crippen molar-refractivity contribution in [1.29, 1.82) is 0 Å². The van der Waals surface area contributed by atoms with Crippen LogP contribution in [0, 0.1) is 0 Å². The number of aliphatic hydroxyl groups excluding tert-OH is 1. The maximum Gasteiger partial charge on any atom is 0.231 e. The van der Waals surface area contributed by atoms with Gasteiger partial charge in [-0.05, 0) is 24.1 Å². The summed E-state index contributed by atoms with van der Waals surface area (Å²) in [5.41, 5.74) is 2.80. The molecule has 0 saturated carbocycles. The molecule has 1 aromatic carbocycles. The van der Waals surface area contributed by atoms with Gasteiger partial charge in [0.15, 0.2) is 0 Å². The summed E-state index contributed by atoms with van der Waals surface area (Å²) in [6.07, 6.45) is -0.102. The number of benzene rings is 1. The molecule has 0 bridgehead atoms. The van der Waals surface area contributed by atoms with Crippen molar-refractivity contribution in [3.8, 4) is 0 Å². The molecule has 2 atom stereocenters. The van der Waals surface area contributed by atoms with E-state index < -0.39 is 6.10 Å². The average molecular weight is 284 g/mol. The van der Waals surface area contributed by atoms with E-state index in [9.17, 15) is 9.90 Å². The number of halogens is 1. The van der Waals surface area contributed by atoms with E-state index in [1.165, 1.54) is 0 Å². The fraction of sp³-hybridized carbons (Fsp3) is 0.417. The highest BCUT2D eigenvalue weighted by molar-refractivity contribution is 9.09. The minimum atomic E-state index is -0.536. The zero-order valence-electron chi connectivity index (χ0n) is 9.27. The topological polar surface area (TPSA) is 40.5 Å². The van der Waals surface area contributed by atoms with Crippen molar-refractivity contribution in [2.45, 2.75) is 24.3 Å². The summed E-state index contributed by atoms with van der Waals surface area (Å²) < 4.78 is 0. The molecule has 1 aliphatic heterocycles. The maximum atomic E-state index is 11.5. The molecule has 0 aliphatic carbocycles. The van der Waals surface area contributed by atoms with E-state index in [-0.39, 0.29) is 10.7 Å². The van der Waals surface area contributed by atoms with Crippen molar-refractivity contribution >= 4 is 27.5 Å². The van der Waals surface area contributed by atoms with Crippen molar-refractivity contribution in [3.05, 3.63) is 29.3 Å². The average Bonchev–Trinajstić information content (AvgIpc) is 2.53. The van der Waals surface area contributed by atoms with E-state index in [1.807, 2.05) is 25.1 Å². The van der Waals surface area contributed by atoms with E-state index in [0.29, 0.717) is 6.42 Å². The minimum absolute atomic E-state index is 0.000356. The van der Waals surface area contributed by atoms with Crippen LogP contribution < -0.4 is 4.90 Å². The highest BCUT2D eigenvalue weighted by Crippen LogP contribution is 2.31. The second kappa shape index (κ2) is 4.18. The molecule has 1 N–H and O–H groups in total. The predicted molar refractivity (Wildman–Crippen MR) is 66.9 cm³/mol. The molecule has 4 heteroatoms. The van der Waals surface area contributed by atoms with Gasteiger partial charge < -0.3 is 10.0 Å². The van der Waals surface area contributed by atoms with Crippen LogP contribution in [-0.2, 0) is 11.2 Å². The maximum absolute atomic E-state index is 11.5. The molecule has 86 valence electrons. The Hall–Kier alpha value is -0.870. The molecule has 0 spiro atoms. The van der Waals surface area contributed by atoms with E-state index >= 15 is 0 Å². The van der Waals surface area contributed by atoms with Crippen LogP contribution >= 0.6 is 15.9 Å². The first kappa shape index (κ1) is 11.6. The Kier molecular flexibility index (Phi) is 3.04. The van der Waals surface area contributed by atoms with Gasteiger partial charge in [-0.25, -0.2) is 0 Å². The normalized spacial score (nSPS) is 18.5. The monoisotopic (exact) mass is 283 g/mol. The van der Waals surface area contributed by atoms with E-state index in [2.05, 4.69) is 15.9 Å². The quantitative estimate of drug-likeness (QED) is 0.844. The molecule has 3 nitrogen and oxygen atoms in total. The van der Waals surface area contributed by atoms with Crippen molar-refractivity contribution in [2.75, 3.05) is 11.9 Å². The molecular formula is C12H14BrNO2. The molecule has 2 rings (SSSR count). The molecule has 0 saturated heterocycles. The van der Waals surface area contributed by atoms with Gasteiger partial charge in [-0.2, -0.15) is 0 Å². The molecule has 1 aromatic rings. The van der Waals surface area contributed by atoms with E-state index in [0.717, 1.165) is 16.8 Å². The largest absolute Gasteiger partial charge is 0.387 e. The molecular weight excluding hydrogens is 270 g/mol. The summed E-state index contributed by atoms with van der Waals surface area (Å²) in [7, 11) is 1.78. The Morgan fingerprint density at radius 3 is 2.81 bits per heavy atom. The van der Waals surface area contributed by atoms with Crippen LogP contribution in [-0.4, -0.2) is 22.9 Å². The Balaban J connectivity index is 2.35. The van der Waals surface area contributed by atoms with Crippen LogP contribution in [0.1, 0.15) is 24.2 Å². The number of carbonyl (C=O) groups is 1. The second-order valence-corrected chi connectivity index (χ2v) is 5.58. The molecule has 0 radical (unpaired) electrons. The lowest BCUT2D eigenvalue weighted by molar-refractivity contribution is -0.117. The first-order chi connectivity index (χ1) is 7.50. The third kappa shape index (κ3) is 1.87. The molecule has 1 aliphatic rings. The van der Waals surface area contributed by atoms with E-state index in [1.54, 1.807) is 11.9 Å². The summed E-state index contributed by atoms with van der Waals surface area (Å²) in [6, 6.07) is 5.68. The predicted octanol–water partition coefficient (Wildman–Crippen LogP) is 2.02. The number of likely N-dealkylation sites (N-methyl/N-ethyl adjacent to an activating group) is 1. The number of hydrogen-bond acceptors (Lipinski definition) is 2. The Bertz CT molecular complexity index is 431. The second-order valence-electron chi connectivity index (χ2n) is 4.14. The first-order valence-corrected chi connectivity index (χ1v) is 6.14. The third-order valence-electron chi connectivity index (χ3n) is 2.96. The van der Waals surface area contributed by atoms with Crippen LogP contribution in [0.3, 0.4) is 0 Å². The number of anilines is 1. The third-order valence-corrected chi connectivity index (χ3v) is 3.46. The van der Waals surface area contributed by atoms with Crippen LogP contribution in [0.2, 0.25) is 0 Å². The summed E-state index contributed by atoms with van der Waals surface area (Å²) in [4.78, 5) is 13.2. The number of carbonyl (C=O) groups excluding carboxylic acids is 1. The SMILES string of the molecule is CC(Br)C(O)c1ccc2c(c1)CC(=O)N2C. The number of amides is 1. The molecule has 16 heavy (non-hydrogen) atoms. The lowest BCUT2D eigenvalue weighted by Crippen LogP contribution is -2.20. The highest BCUT2D eigenvalue weighted by Gasteiger charge is 2.25. The van der Waals surface area contributed by atoms with Crippen molar-refractivity contribution in [1.82, 2.24) is 0 Å². The molecule has 0 aromatic heterocycles. The molecule has 2 unspecified atom stereocenters. The van der Waals surface area contributed by atoms with Crippen LogP contribution in [0.25, 0.3) is 0 Å². The lowest BCUT2D eigenvalue weighted by Gasteiger charge is -2.15. The van der Waals surface area contributed by atoms with Crippen molar-refractivity contribution < 1.29 is 9.90 Å². The van der Waals surface area contributed by atoms with Gasteiger partial charge in [-0.15, -0.1) is 0 Å². The summed E-state index contributed by atoms with van der Waals surface area (Å²) in [5.74, 6) is 0.105. The van der Waals surface area contributed by atoms with Gasteiger partial charge in [0.1, 0.15) is 0 Å². The van der Waals surface area contributed by atoms with Gasteiger partial charge >= 0.3 is 0 Å². The molecule has 0 fully saturated rings. The number of rotatable bonds is 2. The van der Waals surface area contributed by atoms with Crippen LogP contribution in [0.15, 0.2) is 18.2 Å². The number of alkyl halides is 1. The minimum Gasteiger partial charge on any atom is -0.387 e. The Labute approximate surface area is 103 Å². The number of nitrogens with zero attached hydrogens (tertiary/aromatic N) is 1. The van der Waals surface area contributed by atoms with Gasteiger partial charge in [0.2, 0.25) is 5.91 Å². The van der Waals surface area contributed by atoms with Crippen molar-refractivity contribution in [3.63, 3.8) is 0 Å². The zero-order chi connectivity index (χ0) is 11.9. The van der Waals surface area contributed by atoms with Gasteiger partial charge in [-0.3, -0.25) is 4.79 Å². The van der Waals surface area contributed by atoms with Gasteiger partial charge in [0, 0.05) is 17.6 Å². The van der Waals surface area contributed by atoms with Crippen molar-refractivity contribution in [2.24, 2.45) is 0 Å². The van der Waals surface area contributed by atoms with Gasteiger partial charge in [0.05, 0.1) is 12.5 Å². The standard InChI is InChI=1S/C12H14BrNO2/c1-7(13)12(16)8-3-4-10-9(5-8)6-11(15)14(10)2/h3-5,7,12,16H,6H2,1-2H3. The zero-order valence-corrected chi connectivity index (χ0v) is 10.9. The molecule has 1 amide bonds. The van der Waals surface area contributed by atoms with Gasteiger partial charge in [0.25, 0.3) is 0 Å². The fourth-order valence-corrected chi connectivity index (χ4v) is 2.24. The summed E-state index contributed by atoms with van der Waals surface area (Å²) in [6.45, 7) is 1.90.